The van der Waals surface area contributed by atoms with Crippen LogP contribution in [0, 0.1) is 5.92 Å². The molecule has 1 heterocycles. The van der Waals surface area contributed by atoms with Crippen LogP contribution in [-0.2, 0) is 14.3 Å². The van der Waals surface area contributed by atoms with Crippen molar-refractivity contribution in [3.8, 4) is 0 Å². The Morgan fingerprint density at radius 2 is 2.22 bits per heavy atom. The number of carbonyl (C=O) groups excluding carboxylic acids is 2. The number of hydrogen-bond acceptors (Lipinski definition) is 4. The van der Waals surface area contributed by atoms with Crippen LogP contribution in [0.2, 0.25) is 0 Å². The SMILES string of the molecule is COC(=O)C(C)(C)NC(=O)[C@@H]1C[C@H]1c1ccco1. The van der Waals surface area contributed by atoms with Crippen molar-refractivity contribution < 1.29 is 18.7 Å². The average molecular weight is 251 g/mol. The number of carbonyl (C=O) groups is 2. The zero-order chi connectivity index (χ0) is 13.3. The predicted molar refractivity (Wildman–Crippen MR) is 63.8 cm³/mol. The van der Waals surface area contributed by atoms with Gasteiger partial charge in [0.15, 0.2) is 0 Å². The van der Waals surface area contributed by atoms with Gasteiger partial charge in [-0.3, -0.25) is 4.79 Å². The second-order valence-electron chi connectivity index (χ2n) is 5.07. The van der Waals surface area contributed by atoms with Gasteiger partial charge in [0, 0.05) is 11.8 Å². The van der Waals surface area contributed by atoms with Crippen LogP contribution in [0.1, 0.15) is 31.9 Å². The monoisotopic (exact) mass is 251 g/mol. The summed E-state index contributed by atoms with van der Waals surface area (Å²) in [6, 6.07) is 3.67. The lowest BCUT2D eigenvalue weighted by atomic mass is 10.1. The minimum Gasteiger partial charge on any atom is -0.469 e. The van der Waals surface area contributed by atoms with E-state index in [9.17, 15) is 9.59 Å². The van der Waals surface area contributed by atoms with Crippen LogP contribution in [0.4, 0.5) is 0 Å². The van der Waals surface area contributed by atoms with Crippen molar-refractivity contribution in [2.24, 2.45) is 5.92 Å². The van der Waals surface area contributed by atoms with Crippen LogP contribution >= 0.6 is 0 Å². The third-order valence-electron chi connectivity index (χ3n) is 3.17. The fourth-order valence-corrected chi connectivity index (χ4v) is 2.01. The Labute approximate surface area is 105 Å². The van der Waals surface area contributed by atoms with E-state index in [0.717, 1.165) is 12.2 Å². The molecule has 1 aromatic rings. The quantitative estimate of drug-likeness (QED) is 0.822. The Hall–Kier alpha value is -1.78. The molecule has 0 saturated heterocycles. The van der Waals surface area contributed by atoms with Crippen molar-refractivity contribution in [1.82, 2.24) is 5.32 Å². The Balaban J connectivity index is 1.93. The molecular weight excluding hydrogens is 234 g/mol. The van der Waals surface area contributed by atoms with Crippen LogP contribution in [0.25, 0.3) is 0 Å². The molecule has 0 radical (unpaired) electrons. The molecule has 5 heteroatoms. The molecule has 0 bridgehead atoms. The molecule has 1 aliphatic carbocycles. The summed E-state index contributed by atoms with van der Waals surface area (Å²) in [5, 5.41) is 2.71. The molecule has 0 aromatic carbocycles. The molecule has 1 aromatic heterocycles. The summed E-state index contributed by atoms with van der Waals surface area (Å²) in [5.41, 5.74) is -0.998. The largest absolute Gasteiger partial charge is 0.469 e. The van der Waals surface area contributed by atoms with Gasteiger partial charge in [-0.15, -0.1) is 0 Å². The van der Waals surface area contributed by atoms with Crippen LogP contribution in [0.3, 0.4) is 0 Å². The predicted octanol–water partition coefficient (Wildman–Crippen LogP) is 1.45. The number of nitrogens with one attached hydrogen (secondary N) is 1. The maximum atomic E-state index is 12.0. The Morgan fingerprint density at radius 1 is 1.50 bits per heavy atom. The van der Waals surface area contributed by atoms with E-state index in [0.29, 0.717) is 0 Å². The smallest absolute Gasteiger partial charge is 0.330 e. The molecule has 2 atom stereocenters. The first kappa shape index (κ1) is 12.7. The first-order valence-corrected chi connectivity index (χ1v) is 5.89. The zero-order valence-corrected chi connectivity index (χ0v) is 10.7. The number of furan rings is 1. The van der Waals surface area contributed by atoms with E-state index in [4.69, 9.17) is 4.42 Å². The van der Waals surface area contributed by atoms with E-state index in [1.807, 2.05) is 6.07 Å². The minimum absolute atomic E-state index is 0.111. The second kappa shape index (κ2) is 4.48. The molecule has 1 aliphatic rings. The summed E-state index contributed by atoms with van der Waals surface area (Å²) >= 11 is 0. The Morgan fingerprint density at radius 3 is 2.78 bits per heavy atom. The lowest BCUT2D eigenvalue weighted by Gasteiger charge is -2.23. The van der Waals surface area contributed by atoms with Gasteiger partial charge in [0.25, 0.3) is 0 Å². The van der Waals surface area contributed by atoms with Crippen LogP contribution < -0.4 is 5.32 Å². The molecule has 5 nitrogen and oxygen atoms in total. The third-order valence-corrected chi connectivity index (χ3v) is 3.17. The first-order chi connectivity index (χ1) is 8.45. The summed E-state index contributed by atoms with van der Waals surface area (Å²) in [6.07, 6.45) is 2.36. The van der Waals surface area contributed by atoms with Gasteiger partial charge >= 0.3 is 5.97 Å². The molecule has 1 saturated carbocycles. The number of ether oxygens (including phenoxy) is 1. The van der Waals surface area contributed by atoms with Crippen molar-refractivity contribution in [2.75, 3.05) is 7.11 Å². The van der Waals surface area contributed by atoms with Gasteiger partial charge in [-0.05, 0) is 32.4 Å². The van der Waals surface area contributed by atoms with Crippen molar-refractivity contribution in [3.63, 3.8) is 0 Å². The van der Waals surface area contributed by atoms with E-state index in [1.165, 1.54) is 7.11 Å². The molecule has 1 amide bonds. The highest BCUT2D eigenvalue weighted by molar-refractivity contribution is 5.90. The van der Waals surface area contributed by atoms with E-state index >= 15 is 0 Å². The normalized spacial score (nSPS) is 22.4. The maximum absolute atomic E-state index is 12.0. The zero-order valence-electron chi connectivity index (χ0n) is 10.7. The summed E-state index contributed by atoms with van der Waals surface area (Å²) in [6.45, 7) is 3.25. The van der Waals surface area contributed by atoms with Crippen molar-refractivity contribution in [1.29, 1.82) is 0 Å². The molecule has 1 fully saturated rings. The van der Waals surface area contributed by atoms with E-state index < -0.39 is 11.5 Å². The number of rotatable bonds is 4. The summed E-state index contributed by atoms with van der Waals surface area (Å²) < 4.78 is 9.91. The fraction of sp³-hybridized carbons (Fsp3) is 0.538. The summed E-state index contributed by atoms with van der Waals surface area (Å²) in [4.78, 5) is 23.5. The highest BCUT2D eigenvalue weighted by atomic mass is 16.5. The van der Waals surface area contributed by atoms with Crippen LogP contribution in [-0.4, -0.2) is 24.5 Å². The molecule has 98 valence electrons. The molecule has 1 N–H and O–H groups in total. The fourth-order valence-electron chi connectivity index (χ4n) is 2.01. The van der Waals surface area contributed by atoms with Crippen LogP contribution in [0.15, 0.2) is 22.8 Å². The summed E-state index contributed by atoms with van der Waals surface area (Å²) in [5.74, 6) is 0.261. The lowest BCUT2D eigenvalue weighted by Crippen LogP contribution is -2.51. The van der Waals surface area contributed by atoms with E-state index in [-0.39, 0.29) is 17.7 Å². The highest BCUT2D eigenvalue weighted by Gasteiger charge is 2.47. The molecule has 0 unspecified atom stereocenters. The van der Waals surface area contributed by atoms with Crippen molar-refractivity contribution >= 4 is 11.9 Å². The number of esters is 1. The van der Waals surface area contributed by atoms with Crippen molar-refractivity contribution in [3.05, 3.63) is 24.2 Å². The van der Waals surface area contributed by atoms with Gasteiger partial charge in [0.05, 0.1) is 13.4 Å². The second-order valence-corrected chi connectivity index (χ2v) is 5.07. The number of hydrogen-bond donors (Lipinski definition) is 1. The number of methoxy groups -OCH3 is 1. The molecular formula is C13H17NO4. The first-order valence-electron chi connectivity index (χ1n) is 5.89. The maximum Gasteiger partial charge on any atom is 0.330 e. The molecule has 18 heavy (non-hydrogen) atoms. The van der Waals surface area contributed by atoms with E-state index in [2.05, 4.69) is 10.1 Å². The van der Waals surface area contributed by atoms with Gasteiger partial charge in [0.1, 0.15) is 11.3 Å². The topological polar surface area (TPSA) is 68.5 Å². The lowest BCUT2D eigenvalue weighted by molar-refractivity contribution is -0.149. The van der Waals surface area contributed by atoms with Gasteiger partial charge in [-0.1, -0.05) is 0 Å². The van der Waals surface area contributed by atoms with Gasteiger partial charge < -0.3 is 14.5 Å². The van der Waals surface area contributed by atoms with Gasteiger partial charge in [-0.2, -0.15) is 0 Å². The van der Waals surface area contributed by atoms with Gasteiger partial charge in [0.2, 0.25) is 5.91 Å². The standard InChI is InChI=1S/C13H17NO4/c1-13(2,12(16)17-3)14-11(15)9-7-8(9)10-5-4-6-18-10/h4-6,8-9H,7H2,1-3H3,(H,14,15)/t8-,9-/m1/s1. The highest BCUT2D eigenvalue weighted by Crippen LogP contribution is 2.47. The molecule has 0 spiro atoms. The Bertz CT molecular complexity index is 450. The third kappa shape index (κ3) is 2.39. The van der Waals surface area contributed by atoms with Crippen LogP contribution in [0.5, 0.6) is 0 Å². The number of amides is 1. The van der Waals surface area contributed by atoms with Gasteiger partial charge in [-0.25, -0.2) is 4.79 Å². The molecule has 2 rings (SSSR count). The van der Waals surface area contributed by atoms with E-state index in [1.54, 1.807) is 26.2 Å². The summed E-state index contributed by atoms with van der Waals surface area (Å²) in [7, 11) is 1.30. The molecule has 0 aliphatic heterocycles. The minimum atomic E-state index is -0.998. The average Bonchev–Trinajstić information content (AvgIpc) is 2.94. The van der Waals surface area contributed by atoms with Crippen molar-refractivity contribution in [2.45, 2.75) is 31.7 Å². The Kier molecular flexibility index (Phi) is 3.15.